The van der Waals surface area contributed by atoms with Gasteiger partial charge < -0.3 is 14.2 Å². The average molecular weight is 535 g/mol. The fourth-order valence-electron chi connectivity index (χ4n) is 4.76. The summed E-state index contributed by atoms with van der Waals surface area (Å²) in [6.07, 6.45) is 4.26. The van der Waals surface area contributed by atoms with Crippen molar-refractivity contribution >= 4 is 0 Å². The first-order valence-electron chi connectivity index (χ1n) is 12.8. The van der Waals surface area contributed by atoms with Gasteiger partial charge in [-0.3, -0.25) is 4.68 Å². The second-order valence-electron chi connectivity index (χ2n) is 9.48. The smallest absolute Gasteiger partial charge is 0.194 e. The van der Waals surface area contributed by atoms with Gasteiger partial charge in [-0.05, 0) is 28.8 Å². The van der Waals surface area contributed by atoms with Crippen LogP contribution in [0.15, 0.2) is 97.8 Å². The van der Waals surface area contributed by atoms with Gasteiger partial charge in [-0.1, -0.05) is 66.7 Å². The van der Waals surface area contributed by atoms with E-state index < -0.39 is 29.7 Å². The molecule has 8 heteroatoms. The van der Waals surface area contributed by atoms with Crippen molar-refractivity contribution < 1.29 is 27.4 Å². The molecule has 202 valence electrons. The molecule has 1 aliphatic rings. The van der Waals surface area contributed by atoms with E-state index in [2.05, 4.69) is 11.7 Å². The van der Waals surface area contributed by atoms with Crippen molar-refractivity contribution in [2.24, 2.45) is 0 Å². The van der Waals surface area contributed by atoms with E-state index in [-0.39, 0.29) is 24.3 Å². The van der Waals surface area contributed by atoms with Gasteiger partial charge >= 0.3 is 0 Å². The third-order valence-electron chi connectivity index (χ3n) is 6.77. The molecule has 1 fully saturated rings. The highest BCUT2D eigenvalue weighted by molar-refractivity contribution is 5.61. The molecule has 0 N–H and O–H groups in total. The predicted octanol–water partition coefficient (Wildman–Crippen LogP) is 6.65. The number of nitrogens with zero attached hydrogens (tertiary/aromatic N) is 2. The Kier molecular flexibility index (Phi) is 8.56. The van der Waals surface area contributed by atoms with Crippen LogP contribution in [0.25, 0.3) is 11.1 Å². The summed E-state index contributed by atoms with van der Waals surface area (Å²) in [5.74, 6) is -4.01. The quantitative estimate of drug-likeness (QED) is 0.169. The first-order chi connectivity index (χ1) is 19.0. The van der Waals surface area contributed by atoms with Crippen LogP contribution in [0.1, 0.15) is 23.6 Å². The van der Waals surface area contributed by atoms with E-state index in [1.54, 1.807) is 17.0 Å². The molecule has 4 aromatic rings. The number of aromatic nitrogens is 2. The van der Waals surface area contributed by atoms with Crippen LogP contribution in [0, 0.1) is 17.5 Å². The van der Waals surface area contributed by atoms with Crippen molar-refractivity contribution in [1.82, 2.24) is 9.78 Å². The van der Waals surface area contributed by atoms with Crippen LogP contribution < -0.4 is 0 Å². The van der Waals surface area contributed by atoms with Crippen molar-refractivity contribution in [2.75, 3.05) is 6.61 Å². The maximum absolute atomic E-state index is 13.9. The van der Waals surface area contributed by atoms with Crippen LogP contribution in [0.3, 0.4) is 0 Å². The van der Waals surface area contributed by atoms with Gasteiger partial charge in [-0.25, -0.2) is 13.2 Å². The molecule has 0 radical (unpaired) electrons. The van der Waals surface area contributed by atoms with Gasteiger partial charge in [-0.15, -0.1) is 6.58 Å². The van der Waals surface area contributed by atoms with Gasteiger partial charge in [0.1, 0.15) is 12.2 Å². The normalized spacial score (nSPS) is 21.1. The Bertz CT molecular complexity index is 1360. The van der Waals surface area contributed by atoms with Gasteiger partial charge in [0.05, 0.1) is 38.2 Å². The van der Waals surface area contributed by atoms with Gasteiger partial charge in [0.25, 0.3) is 0 Å². The molecule has 5 nitrogen and oxygen atoms in total. The van der Waals surface area contributed by atoms with Crippen LogP contribution in [0.2, 0.25) is 0 Å². The topological polar surface area (TPSA) is 45.5 Å². The standard InChI is InChI=1S/C31H29F3N2O3/c1-2-25-15-28(36-17-24(16-35-36)23-13-26(32)30(34)27(33)14-23)31(38-19-22-11-7-4-8-12-22)29(39-25)20-37-18-21-9-5-3-6-10-21/h2-14,16-17,25,28-29,31H,1,15,18-20H2. The second-order valence-corrected chi connectivity index (χ2v) is 9.48. The Labute approximate surface area is 225 Å². The van der Waals surface area contributed by atoms with Crippen molar-refractivity contribution in [3.8, 4) is 11.1 Å². The minimum Gasteiger partial charge on any atom is -0.374 e. The van der Waals surface area contributed by atoms with E-state index in [9.17, 15) is 13.2 Å². The Morgan fingerprint density at radius 1 is 0.923 bits per heavy atom. The predicted molar refractivity (Wildman–Crippen MR) is 141 cm³/mol. The molecule has 1 aromatic heterocycles. The summed E-state index contributed by atoms with van der Waals surface area (Å²) in [6.45, 7) is 4.96. The molecule has 4 unspecified atom stereocenters. The molecule has 2 heterocycles. The monoisotopic (exact) mass is 534 g/mol. The van der Waals surface area contributed by atoms with E-state index in [1.807, 2.05) is 60.7 Å². The summed E-state index contributed by atoms with van der Waals surface area (Å²) >= 11 is 0. The lowest BCUT2D eigenvalue weighted by Crippen LogP contribution is -2.49. The summed E-state index contributed by atoms with van der Waals surface area (Å²) in [4.78, 5) is 0. The largest absolute Gasteiger partial charge is 0.374 e. The van der Waals surface area contributed by atoms with Crippen molar-refractivity contribution in [3.63, 3.8) is 0 Å². The molecule has 39 heavy (non-hydrogen) atoms. The number of benzene rings is 3. The zero-order chi connectivity index (χ0) is 27.2. The molecule has 1 aliphatic heterocycles. The summed E-state index contributed by atoms with van der Waals surface area (Å²) in [7, 11) is 0. The number of hydrogen-bond donors (Lipinski definition) is 0. The highest BCUT2D eigenvalue weighted by atomic mass is 19.2. The molecule has 5 rings (SSSR count). The highest BCUT2D eigenvalue weighted by Gasteiger charge is 2.40. The highest BCUT2D eigenvalue weighted by Crippen LogP contribution is 2.34. The Morgan fingerprint density at radius 3 is 2.21 bits per heavy atom. The third-order valence-corrected chi connectivity index (χ3v) is 6.77. The first kappa shape index (κ1) is 26.9. The molecule has 0 bridgehead atoms. The summed E-state index contributed by atoms with van der Waals surface area (Å²) in [5.41, 5.74) is 2.69. The molecule has 3 aromatic carbocycles. The Balaban J connectivity index is 1.40. The fraction of sp³-hybridized carbons (Fsp3) is 0.258. The van der Waals surface area contributed by atoms with E-state index in [0.717, 1.165) is 23.3 Å². The van der Waals surface area contributed by atoms with Crippen molar-refractivity contribution in [1.29, 1.82) is 0 Å². The molecule has 0 amide bonds. The number of ether oxygens (including phenoxy) is 3. The van der Waals surface area contributed by atoms with Crippen LogP contribution in [-0.2, 0) is 27.4 Å². The van der Waals surface area contributed by atoms with E-state index in [0.29, 0.717) is 25.2 Å². The third kappa shape index (κ3) is 6.47. The number of halogens is 3. The summed E-state index contributed by atoms with van der Waals surface area (Å²) in [5, 5.41) is 4.50. The Morgan fingerprint density at radius 2 is 1.56 bits per heavy atom. The lowest BCUT2D eigenvalue weighted by molar-refractivity contribution is -0.176. The SMILES string of the molecule is C=CC1CC(n2cc(-c3cc(F)c(F)c(F)c3)cn2)C(OCc2ccccc2)C(COCc2ccccc2)O1. The van der Waals surface area contributed by atoms with Crippen molar-refractivity contribution in [3.05, 3.63) is 126 Å². The van der Waals surface area contributed by atoms with Gasteiger partial charge in [0.2, 0.25) is 0 Å². The molecule has 1 saturated heterocycles. The van der Waals surface area contributed by atoms with Crippen LogP contribution >= 0.6 is 0 Å². The molecule has 0 saturated carbocycles. The van der Waals surface area contributed by atoms with Gasteiger partial charge in [-0.2, -0.15) is 5.10 Å². The number of rotatable bonds is 10. The molecular weight excluding hydrogens is 505 g/mol. The average Bonchev–Trinajstić information content (AvgIpc) is 3.46. The van der Waals surface area contributed by atoms with Crippen LogP contribution in [0.5, 0.6) is 0 Å². The van der Waals surface area contributed by atoms with Gasteiger partial charge in [0, 0.05) is 18.2 Å². The summed E-state index contributed by atoms with van der Waals surface area (Å²) in [6, 6.07) is 21.3. The molecular formula is C31H29F3N2O3. The second kappa shape index (κ2) is 12.4. The maximum atomic E-state index is 13.9. The Hall–Kier alpha value is -3.72. The van der Waals surface area contributed by atoms with Crippen molar-refractivity contribution in [2.45, 2.75) is 44.0 Å². The fourth-order valence-corrected chi connectivity index (χ4v) is 4.76. The van der Waals surface area contributed by atoms with E-state index in [1.165, 1.54) is 6.20 Å². The molecule has 0 spiro atoms. The first-order valence-corrected chi connectivity index (χ1v) is 12.8. The minimum atomic E-state index is -1.50. The lowest BCUT2D eigenvalue weighted by atomic mass is 9.95. The minimum absolute atomic E-state index is 0.189. The zero-order valence-electron chi connectivity index (χ0n) is 21.3. The van der Waals surface area contributed by atoms with Gasteiger partial charge in [0.15, 0.2) is 17.5 Å². The van der Waals surface area contributed by atoms with E-state index in [4.69, 9.17) is 14.2 Å². The zero-order valence-corrected chi connectivity index (χ0v) is 21.3. The molecule has 0 aliphatic carbocycles. The lowest BCUT2D eigenvalue weighted by Gasteiger charge is -2.41. The van der Waals surface area contributed by atoms with Crippen LogP contribution in [0.4, 0.5) is 13.2 Å². The maximum Gasteiger partial charge on any atom is 0.194 e. The van der Waals surface area contributed by atoms with E-state index >= 15 is 0 Å². The summed E-state index contributed by atoms with van der Waals surface area (Å²) < 4.78 is 61.8. The number of hydrogen-bond acceptors (Lipinski definition) is 4. The molecule has 4 atom stereocenters. The van der Waals surface area contributed by atoms with Crippen LogP contribution in [-0.4, -0.2) is 34.7 Å².